The van der Waals surface area contributed by atoms with Gasteiger partial charge in [0.1, 0.15) is 11.4 Å². The highest BCUT2D eigenvalue weighted by Gasteiger charge is 2.31. The lowest BCUT2D eigenvalue weighted by molar-refractivity contribution is -0.274. The van der Waals surface area contributed by atoms with Gasteiger partial charge in [-0.2, -0.15) is 5.10 Å². The topological polar surface area (TPSA) is 63.0 Å². The first-order chi connectivity index (χ1) is 18.7. The molecule has 0 amide bonds. The van der Waals surface area contributed by atoms with Crippen molar-refractivity contribution in [2.24, 2.45) is 5.10 Å². The summed E-state index contributed by atoms with van der Waals surface area (Å²) in [5, 5.41) is 9.75. The molecule has 2 heterocycles. The highest BCUT2D eigenvalue weighted by molar-refractivity contribution is 7.80. The fourth-order valence-corrected chi connectivity index (χ4v) is 4.50. The highest BCUT2D eigenvalue weighted by atomic mass is 32.1. The van der Waals surface area contributed by atoms with E-state index in [1.54, 1.807) is 24.5 Å². The Balaban J connectivity index is 1.31. The molecule has 10 heteroatoms. The quantitative estimate of drug-likeness (QED) is 0.131. The van der Waals surface area contributed by atoms with Crippen LogP contribution in [0.2, 0.25) is 0 Å². The molecular weight excluding hydrogens is 523 g/mol. The second-order valence-corrected chi connectivity index (χ2v) is 9.55. The van der Waals surface area contributed by atoms with Crippen LogP contribution in [0.5, 0.6) is 5.75 Å². The molecule has 0 fully saturated rings. The van der Waals surface area contributed by atoms with E-state index in [1.807, 2.05) is 53.1 Å². The zero-order valence-electron chi connectivity index (χ0n) is 21.0. The average Bonchev–Trinajstić information content (AvgIpc) is 3.33. The van der Waals surface area contributed by atoms with Crippen molar-refractivity contribution in [1.82, 2.24) is 14.8 Å². The molecule has 39 heavy (non-hydrogen) atoms. The standard InChI is InChI=1S/C29H24F3N5OS/c1-18(2)23-5-3-4-6-25(23)35-28(39)36-34-16-19-7-12-24-21(15-19)13-14-37-26(17-33-27(24)37)20-8-10-22(11-9-20)38-29(30,31)32/h3-18H,1-2H3,(H2,35,36,39). The van der Waals surface area contributed by atoms with E-state index < -0.39 is 6.36 Å². The van der Waals surface area contributed by atoms with Crippen LogP contribution < -0.4 is 15.5 Å². The minimum Gasteiger partial charge on any atom is -0.406 e. The van der Waals surface area contributed by atoms with Crippen LogP contribution in [0.3, 0.4) is 0 Å². The molecule has 0 aliphatic rings. The molecule has 2 aromatic heterocycles. The summed E-state index contributed by atoms with van der Waals surface area (Å²) in [5.41, 5.74) is 8.04. The molecule has 0 atom stereocenters. The van der Waals surface area contributed by atoms with Crippen molar-refractivity contribution in [2.75, 3.05) is 5.32 Å². The monoisotopic (exact) mass is 547 g/mol. The SMILES string of the molecule is CC(C)c1ccccc1NC(=S)NN=Cc1ccc2c(ccn3c(-c4ccc(OC(F)(F)F)cc4)cnc23)c1. The Labute approximate surface area is 228 Å². The van der Waals surface area contributed by atoms with Crippen LogP contribution in [0.4, 0.5) is 18.9 Å². The molecular formula is C29H24F3N5OS. The van der Waals surface area contributed by atoms with Gasteiger partial charge in [0.15, 0.2) is 5.11 Å². The number of nitrogens with one attached hydrogen (secondary N) is 2. The first-order valence-electron chi connectivity index (χ1n) is 12.1. The van der Waals surface area contributed by atoms with E-state index in [4.69, 9.17) is 12.2 Å². The molecule has 0 unspecified atom stereocenters. The molecule has 6 nitrogen and oxygen atoms in total. The molecule has 0 aliphatic heterocycles. The number of halogens is 3. The van der Waals surface area contributed by atoms with Gasteiger partial charge in [0.2, 0.25) is 0 Å². The Morgan fingerprint density at radius 2 is 1.82 bits per heavy atom. The van der Waals surface area contributed by atoms with Gasteiger partial charge in [-0.1, -0.05) is 38.1 Å². The van der Waals surface area contributed by atoms with Crippen LogP contribution in [0, 0.1) is 0 Å². The van der Waals surface area contributed by atoms with Gasteiger partial charge in [0, 0.05) is 22.8 Å². The molecule has 0 bridgehead atoms. The fourth-order valence-electron chi connectivity index (χ4n) is 4.34. The highest BCUT2D eigenvalue weighted by Crippen LogP contribution is 2.29. The average molecular weight is 548 g/mol. The maximum Gasteiger partial charge on any atom is 0.573 e. The van der Waals surface area contributed by atoms with E-state index >= 15 is 0 Å². The van der Waals surface area contributed by atoms with E-state index in [9.17, 15) is 13.2 Å². The molecule has 5 aromatic rings. The van der Waals surface area contributed by atoms with Gasteiger partial charge >= 0.3 is 6.36 Å². The first kappa shape index (κ1) is 26.2. The Morgan fingerprint density at radius 3 is 2.56 bits per heavy atom. The lowest BCUT2D eigenvalue weighted by Crippen LogP contribution is -2.24. The summed E-state index contributed by atoms with van der Waals surface area (Å²) in [5.74, 6) is 0.0831. The Bertz CT molecular complexity index is 1680. The van der Waals surface area contributed by atoms with Gasteiger partial charge in [0.05, 0.1) is 18.1 Å². The molecule has 0 saturated heterocycles. The number of hydrazone groups is 1. The second-order valence-electron chi connectivity index (χ2n) is 9.14. The third-order valence-electron chi connectivity index (χ3n) is 6.11. The third-order valence-corrected chi connectivity index (χ3v) is 6.30. The lowest BCUT2D eigenvalue weighted by atomic mass is 10.0. The number of thiocarbonyl (C=S) groups is 1. The molecule has 2 N–H and O–H groups in total. The molecule has 5 rings (SSSR count). The zero-order valence-corrected chi connectivity index (χ0v) is 21.8. The summed E-state index contributed by atoms with van der Waals surface area (Å²) >= 11 is 5.40. The number of para-hydroxylation sites is 1. The number of imidazole rings is 1. The van der Waals surface area contributed by atoms with Gasteiger partial charge in [-0.25, -0.2) is 4.98 Å². The Morgan fingerprint density at radius 1 is 1.05 bits per heavy atom. The molecule has 0 saturated carbocycles. The number of alkyl halides is 3. The van der Waals surface area contributed by atoms with Crippen LogP contribution in [-0.2, 0) is 0 Å². The number of fused-ring (bicyclic) bond motifs is 3. The minimum absolute atomic E-state index is 0.272. The second kappa shape index (κ2) is 10.7. The summed E-state index contributed by atoms with van der Waals surface area (Å²) in [4.78, 5) is 4.56. The van der Waals surface area contributed by atoms with E-state index in [0.29, 0.717) is 16.6 Å². The number of aromatic nitrogens is 2. The summed E-state index contributed by atoms with van der Waals surface area (Å²) in [6, 6.07) is 21.5. The number of ether oxygens (including phenoxy) is 1. The number of hydrogen-bond donors (Lipinski definition) is 2. The van der Waals surface area contributed by atoms with Crippen LogP contribution >= 0.6 is 12.2 Å². The van der Waals surface area contributed by atoms with Gasteiger partial charge < -0.3 is 10.1 Å². The number of rotatable bonds is 6. The lowest BCUT2D eigenvalue weighted by Gasteiger charge is -2.14. The van der Waals surface area contributed by atoms with Crippen molar-refractivity contribution in [3.05, 3.63) is 96.3 Å². The van der Waals surface area contributed by atoms with Crippen LogP contribution in [0.25, 0.3) is 27.7 Å². The van der Waals surface area contributed by atoms with Gasteiger partial charge in [-0.05, 0) is 83.2 Å². The number of pyridine rings is 1. The molecule has 0 aliphatic carbocycles. The fraction of sp³-hybridized carbons (Fsp3) is 0.138. The van der Waals surface area contributed by atoms with Gasteiger partial charge in [0.25, 0.3) is 0 Å². The van der Waals surface area contributed by atoms with Crippen molar-refractivity contribution >= 4 is 45.7 Å². The number of benzene rings is 3. The van der Waals surface area contributed by atoms with E-state index in [2.05, 4.69) is 45.5 Å². The Kier molecular flexibility index (Phi) is 7.21. The van der Waals surface area contributed by atoms with Crippen molar-refractivity contribution in [3.8, 4) is 17.0 Å². The predicted molar refractivity (Wildman–Crippen MR) is 152 cm³/mol. The number of anilines is 1. The number of nitrogens with zero attached hydrogens (tertiary/aromatic N) is 3. The van der Waals surface area contributed by atoms with Crippen molar-refractivity contribution in [2.45, 2.75) is 26.1 Å². The molecule has 3 aromatic carbocycles. The maximum absolute atomic E-state index is 12.5. The van der Waals surface area contributed by atoms with E-state index in [-0.39, 0.29) is 5.75 Å². The third kappa shape index (κ3) is 6.01. The van der Waals surface area contributed by atoms with E-state index in [1.165, 1.54) is 17.7 Å². The molecule has 198 valence electrons. The van der Waals surface area contributed by atoms with Crippen molar-refractivity contribution in [3.63, 3.8) is 0 Å². The smallest absolute Gasteiger partial charge is 0.406 e. The maximum atomic E-state index is 12.5. The zero-order chi connectivity index (χ0) is 27.6. The van der Waals surface area contributed by atoms with Gasteiger partial charge in [-0.3, -0.25) is 9.83 Å². The van der Waals surface area contributed by atoms with Crippen LogP contribution in [-0.4, -0.2) is 27.1 Å². The number of hydrogen-bond acceptors (Lipinski definition) is 4. The van der Waals surface area contributed by atoms with Crippen molar-refractivity contribution < 1.29 is 17.9 Å². The summed E-state index contributed by atoms with van der Waals surface area (Å²) in [6.07, 6.45) is 0.531. The predicted octanol–water partition coefficient (Wildman–Crippen LogP) is 7.50. The molecule has 0 spiro atoms. The van der Waals surface area contributed by atoms with E-state index in [0.717, 1.165) is 33.4 Å². The normalized spacial score (nSPS) is 11.9. The summed E-state index contributed by atoms with van der Waals surface area (Å²) in [6.45, 7) is 4.25. The van der Waals surface area contributed by atoms with Gasteiger partial charge in [-0.15, -0.1) is 13.2 Å². The summed E-state index contributed by atoms with van der Waals surface area (Å²) in [7, 11) is 0. The molecule has 0 radical (unpaired) electrons. The van der Waals surface area contributed by atoms with Crippen molar-refractivity contribution in [1.29, 1.82) is 0 Å². The van der Waals surface area contributed by atoms with Crippen LogP contribution in [0.1, 0.15) is 30.9 Å². The minimum atomic E-state index is -4.73. The summed E-state index contributed by atoms with van der Waals surface area (Å²) < 4.78 is 43.3. The Hall–Kier alpha value is -4.44. The largest absolute Gasteiger partial charge is 0.573 e. The van der Waals surface area contributed by atoms with Crippen LogP contribution in [0.15, 0.2) is 90.3 Å². The first-order valence-corrected chi connectivity index (χ1v) is 12.5.